The molecule has 16 heavy (non-hydrogen) atoms. The molecule has 86 valence electrons. The van der Waals surface area contributed by atoms with Crippen LogP contribution in [0.4, 0.5) is 16.2 Å². The van der Waals surface area contributed by atoms with Crippen LogP contribution in [-0.2, 0) is 0 Å². The summed E-state index contributed by atoms with van der Waals surface area (Å²) < 4.78 is 5.46. The second-order valence-corrected chi connectivity index (χ2v) is 3.57. The Kier molecular flexibility index (Phi) is 2.85. The summed E-state index contributed by atoms with van der Waals surface area (Å²) in [5.74, 6) is 0.834. The highest BCUT2D eigenvalue weighted by atomic mass is 16.5. The first-order valence-electron chi connectivity index (χ1n) is 5.18. The van der Waals surface area contributed by atoms with Crippen LogP contribution in [0.3, 0.4) is 0 Å². The molecule has 0 saturated heterocycles. The van der Waals surface area contributed by atoms with Gasteiger partial charge in [0.1, 0.15) is 12.4 Å². The van der Waals surface area contributed by atoms with Gasteiger partial charge in [0, 0.05) is 26.3 Å². The second kappa shape index (κ2) is 4.30. The van der Waals surface area contributed by atoms with Crippen LogP contribution < -0.4 is 20.3 Å². The van der Waals surface area contributed by atoms with E-state index < -0.39 is 0 Å². The summed E-state index contributed by atoms with van der Waals surface area (Å²) >= 11 is 0. The monoisotopic (exact) mass is 221 g/mol. The number of nitrogens with one attached hydrogen (secondary N) is 2. The summed E-state index contributed by atoms with van der Waals surface area (Å²) in [4.78, 5) is 13.0. The topological polar surface area (TPSA) is 53.6 Å². The largest absolute Gasteiger partial charge is 0.490 e. The zero-order valence-electron chi connectivity index (χ0n) is 9.41. The SMILES string of the molecule is CNC(=O)N(C)c1ccc2c(c1)NCCO2. The van der Waals surface area contributed by atoms with E-state index in [-0.39, 0.29) is 6.03 Å². The van der Waals surface area contributed by atoms with Crippen LogP contribution in [0, 0.1) is 0 Å². The maximum atomic E-state index is 11.4. The highest BCUT2D eigenvalue weighted by Gasteiger charge is 2.13. The molecule has 0 bridgehead atoms. The molecule has 2 amide bonds. The van der Waals surface area contributed by atoms with Crippen LogP contribution in [-0.4, -0.2) is 33.3 Å². The van der Waals surface area contributed by atoms with Crippen LogP contribution in [0.5, 0.6) is 5.75 Å². The normalized spacial score (nSPS) is 13.1. The van der Waals surface area contributed by atoms with Crippen LogP contribution in [0.15, 0.2) is 18.2 Å². The lowest BCUT2D eigenvalue weighted by Gasteiger charge is -2.22. The third-order valence-corrected chi connectivity index (χ3v) is 2.54. The zero-order valence-corrected chi connectivity index (χ0v) is 9.41. The molecule has 1 aromatic rings. The van der Waals surface area contributed by atoms with Crippen molar-refractivity contribution < 1.29 is 9.53 Å². The number of nitrogens with zero attached hydrogens (tertiary/aromatic N) is 1. The summed E-state index contributed by atoms with van der Waals surface area (Å²) in [6.07, 6.45) is 0. The third-order valence-electron chi connectivity index (χ3n) is 2.54. The fourth-order valence-corrected chi connectivity index (χ4v) is 1.62. The predicted octanol–water partition coefficient (Wildman–Crippen LogP) is 1.27. The van der Waals surface area contributed by atoms with E-state index in [9.17, 15) is 4.79 Å². The Morgan fingerprint density at radius 3 is 3.12 bits per heavy atom. The molecule has 0 unspecified atom stereocenters. The van der Waals surface area contributed by atoms with Gasteiger partial charge in [0.05, 0.1) is 5.69 Å². The van der Waals surface area contributed by atoms with Crippen molar-refractivity contribution in [3.8, 4) is 5.75 Å². The molecule has 0 saturated carbocycles. The minimum absolute atomic E-state index is 0.142. The molecule has 1 aliphatic heterocycles. The maximum Gasteiger partial charge on any atom is 0.321 e. The Hall–Kier alpha value is -1.91. The van der Waals surface area contributed by atoms with E-state index in [4.69, 9.17) is 4.74 Å². The summed E-state index contributed by atoms with van der Waals surface area (Å²) in [6.45, 7) is 1.47. The summed E-state index contributed by atoms with van der Waals surface area (Å²) in [7, 11) is 3.34. The first kappa shape index (κ1) is 10.6. The molecule has 0 aliphatic carbocycles. The number of urea groups is 1. The molecule has 0 spiro atoms. The van der Waals surface area contributed by atoms with E-state index in [1.54, 1.807) is 19.0 Å². The molecule has 2 N–H and O–H groups in total. The number of carbonyl (C=O) groups excluding carboxylic acids is 1. The van der Waals surface area contributed by atoms with Crippen molar-refractivity contribution in [3.05, 3.63) is 18.2 Å². The maximum absolute atomic E-state index is 11.4. The number of anilines is 2. The van der Waals surface area contributed by atoms with E-state index in [0.717, 1.165) is 23.7 Å². The molecule has 0 fully saturated rings. The summed E-state index contributed by atoms with van der Waals surface area (Å²) in [5.41, 5.74) is 1.76. The molecule has 1 aliphatic rings. The van der Waals surface area contributed by atoms with Crippen molar-refractivity contribution in [2.75, 3.05) is 37.5 Å². The van der Waals surface area contributed by atoms with Crippen LogP contribution in [0.2, 0.25) is 0 Å². The second-order valence-electron chi connectivity index (χ2n) is 3.57. The average Bonchev–Trinajstić information content (AvgIpc) is 2.36. The van der Waals surface area contributed by atoms with Crippen LogP contribution >= 0.6 is 0 Å². The van der Waals surface area contributed by atoms with Gasteiger partial charge in [0.2, 0.25) is 0 Å². The Balaban J connectivity index is 2.26. The van der Waals surface area contributed by atoms with Crippen molar-refractivity contribution >= 4 is 17.4 Å². The van der Waals surface area contributed by atoms with Gasteiger partial charge in [-0.25, -0.2) is 4.79 Å². The number of hydrogen-bond donors (Lipinski definition) is 2. The number of benzene rings is 1. The molecule has 0 radical (unpaired) electrons. The molecule has 5 nitrogen and oxygen atoms in total. The van der Waals surface area contributed by atoms with Gasteiger partial charge in [0.25, 0.3) is 0 Å². The lowest BCUT2D eigenvalue weighted by Crippen LogP contribution is -2.34. The Labute approximate surface area is 94.4 Å². The summed E-state index contributed by atoms with van der Waals surface area (Å²) in [5, 5.41) is 5.81. The highest BCUT2D eigenvalue weighted by Crippen LogP contribution is 2.31. The zero-order chi connectivity index (χ0) is 11.5. The number of amides is 2. The van der Waals surface area contributed by atoms with Crippen molar-refractivity contribution in [3.63, 3.8) is 0 Å². The first-order chi connectivity index (χ1) is 7.72. The van der Waals surface area contributed by atoms with Gasteiger partial charge in [-0.15, -0.1) is 0 Å². The van der Waals surface area contributed by atoms with Gasteiger partial charge in [-0.2, -0.15) is 0 Å². The minimum Gasteiger partial charge on any atom is -0.490 e. The lowest BCUT2D eigenvalue weighted by atomic mass is 10.2. The summed E-state index contributed by atoms with van der Waals surface area (Å²) in [6, 6.07) is 5.50. The highest BCUT2D eigenvalue weighted by molar-refractivity contribution is 5.92. The third kappa shape index (κ3) is 1.88. The number of carbonyl (C=O) groups is 1. The lowest BCUT2D eigenvalue weighted by molar-refractivity contribution is 0.249. The molecule has 5 heteroatoms. The minimum atomic E-state index is -0.142. The van der Waals surface area contributed by atoms with Gasteiger partial charge in [0.15, 0.2) is 0 Å². The predicted molar refractivity (Wildman–Crippen MR) is 63.3 cm³/mol. The van der Waals surface area contributed by atoms with E-state index in [0.29, 0.717) is 6.61 Å². The number of ether oxygens (including phenoxy) is 1. The molecule has 0 aromatic heterocycles. The molecule has 1 heterocycles. The molecular weight excluding hydrogens is 206 g/mol. The van der Waals surface area contributed by atoms with E-state index in [1.165, 1.54) is 0 Å². The van der Waals surface area contributed by atoms with E-state index in [1.807, 2.05) is 18.2 Å². The quantitative estimate of drug-likeness (QED) is 0.750. The van der Waals surface area contributed by atoms with Gasteiger partial charge in [-0.1, -0.05) is 0 Å². The Morgan fingerprint density at radius 1 is 1.56 bits per heavy atom. The van der Waals surface area contributed by atoms with E-state index in [2.05, 4.69) is 10.6 Å². The number of rotatable bonds is 1. The molecular formula is C11H15N3O2. The van der Waals surface area contributed by atoms with E-state index >= 15 is 0 Å². The average molecular weight is 221 g/mol. The molecule has 1 aromatic carbocycles. The van der Waals surface area contributed by atoms with Crippen molar-refractivity contribution in [2.24, 2.45) is 0 Å². The Bertz CT molecular complexity index is 406. The standard InChI is InChI=1S/C11H15N3O2/c1-12-11(15)14(2)8-3-4-10-9(7-8)13-5-6-16-10/h3-4,7,13H,5-6H2,1-2H3,(H,12,15). The molecule has 0 atom stereocenters. The van der Waals surface area contributed by atoms with Crippen molar-refractivity contribution in [1.29, 1.82) is 0 Å². The first-order valence-corrected chi connectivity index (χ1v) is 5.18. The number of hydrogen-bond acceptors (Lipinski definition) is 3. The van der Waals surface area contributed by atoms with Gasteiger partial charge >= 0.3 is 6.03 Å². The fourth-order valence-electron chi connectivity index (χ4n) is 1.62. The molecule has 2 rings (SSSR count). The fraction of sp³-hybridized carbons (Fsp3) is 0.364. The smallest absolute Gasteiger partial charge is 0.321 e. The van der Waals surface area contributed by atoms with Crippen LogP contribution in [0.1, 0.15) is 0 Å². The van der Waals surface area contributed by atoms with Crippen LogP contribution in [0.25, 0.3) is 0 Å². The Morgan fingerprint density at radius 2 is 2.38 bits per heavy atom. The van der Waals surface area contributed by atoms with Gasteiger partial charge in [-0.05, 0) is 18.2 Å². The number of fused-ring (bicyclic) bond motifs is 1. The van der Waals surface area contributed by atoms with Crippen molar-refractivity contribution in [2.45, 2.75) is 0 Å². The van der Waals surface area contributed by atoms with Gasteiger partial charge in [-0.3, -0.25) is 4.90 Å². The van der Waals surface area contributed by atoms with Gasteiger partial charge < -0.3 is 15.4 Å². The van der Waals surface area contributed by atoms with Crippen molar-refractivity contribution in [1.82, 2.24) is 5.32 Å².